The molecule has 1 saturated heterocycles. The van der Waals surface area contributed by atoms with Crippen LogP contribution in [0.15, 0.2) is 30.3 Å². The van der Waals surface area contributed by atoms with Crippen LogP contribution in [0.25, 0.3) is 0 Å². The number of hydrogen-bond donors (Lipinski definition) is 3. The Morgan fingerprint density at radius 2 is 1.84 bits per heavy atom. The first-order valence-corrected chi connectivity index (χ1v) is 9.56. The highest BCUT2D eigenvalue weighted by molar-refractivity contribution is 7.80. The maximum Gasteiger partial charge on any atom is 0.228 e. The van der Waals surface area contributed by atoms with Gasteiger partial charge >= 0.3 is 0 Å². The van der Waals surface area contributed by atoms with Crippen molar-refractivity contribution in [3.63, 3.8) is 0 Å². The second-order valence-corrected chi connectivity index (χ2v) is 8.47. The number of halogens is 3. The topological polar surface area (TPSA) is 56.4 Å². The lowest BCUT2D eigenvalue weighted by Gasteiger charge is -2.34. The number of piperazine rings is 1. The maximum atomic E-state index is 12.2. The molecule has 1 unspecified atom stereocenters. The maximum absolute atomic E-state index is 12.2. The summed E-state index contributed by atoms with van der Waals surface area (Å²) in [6, 6.07) is 9.74. The summed E-state index contributed by atoms with van der Waals surface area (Å²) in [6.07, 6.45) is 0.00771. The van der Waals surface area contributed by atoms with Crippen molar-refractivity contribution in [1.29, 1.82) is 0 Å². The summed E-state index contributed by atoms with van der Waals surface area (Å²) in [6.45, 7) is 3.20. The Labute approximate surface area is 168 Å². The normalized spacial score (nSPS) is 16.2. The molecule has 1 aliphatic heterocycles. The van der Waals surface area contributed by atoms with Gasteiger partial charge in [0, 0.05) is 32.6 Å². The quantitative estimate of drug-likeness (QED) is 0.385. The molecule has 1 fully saturated rings. The largest absolute Gasteiger partial charge is 0.347 e. The van der Waals surface area contributed by atoms with Gasteiger partial charge in [-0.1, -0.05) is 65.1 Å². The van der Waals surface area contributed by atoms with E-state index in [0.717, 1.165) is 31.7 Å². The Bertz CT molecular complexity index is 576. The Morgan fingerprint density at radius 3 is 2.44 bits per heavy atom. The highest BCUT2D eigenvalue weighted by Crippen LogP contribution is 2.29. The molecule has 3 N–H and O–H groups in total. The first kappa shape index (κ1) is 20.5. The van der Waals surface area contributed by atoms with Crippen LogP contribution < -0.4 is 16.0 Å². The summed E-state index contributed by atoms with van der Waals surface area (Å²) in [5.41, 5.74) is 1.08. The van der Waals surface area contributed by atoms with Crippen molar-refractivity contribution in [3.8, 4) is 0 Å². The number of alkyl halides is 3. The molecule has 2 rings (SSSR count). The minimum atomic E-state index is -1.72. The molecule has 0 aromatic heterocycles. The Balaban J connectivity index is 1.88. The number of nitrogens with one attached hydrogen (secondary N) is 3. The van der Waals surface area contributed by atoms with Gasteiger partial charge in [-0.2, -0.15) is 0 Å². The van der Waals surface area contributed by atoms with Gasteiger partial charge in [-0.25, -0.2) is 0 Å². The van der Waals surface area contributed by atoms with Crippen LogP contribution in [0.2, 0.25) is 0 Å². The number of thiocarbonyl (C=S) groups is 1. The molecule has 0 aliphatic carbocycles. The molecule has 1 aliphatic rings. The summed E-state index contributed by atoms with van der Waals surface area (Å²) in [5.74, 6) is -0.212. The molecule has 1 amide bonds. The van der Waals surface area contributed by atoms with E-state index in [1.165, 1.54) is 0 Å². The van der Waals surface area contributed by atoms with Gasteiger partial charge < -0.3 is 20.9 Å². The number of amides is 1. The monoisotopic (exact) mass is 422 g/mol. The second-order valence-electron chi connectivity index (χ2n) is 5.71. The highest BCUT2D eigenvalue weighted by atomic mass is 35.6. The number of hydrogen-bond acceptors (Lipinski definition) is 3. The fourth-order valence-electron chi connectivity index (χ4n) is 2.42. The molecule has 0 spiro atoms. The molecule has 1 atom stereocenters. The lowest BCUT2D eigenvalue weighted by Crippen LogP contribution is -2.59. The number of aryl methyl sites for hydroxylation is 1. The van der Waals surface area contributed by atoms with Gasteiger partial charge in [0.1, 0.15) is 6.17 Å². The van der Waals surface area contributed by atoms with Crippen LogP contribution in [0.4, 0.5) is 0 Å². The van der Waals surface area contributed by atoms with E-state index in [-0.39, 0.29) is 5.91 Å². The van der Waals surface area contributed by atoms with Crippen LogP contribution in [-0.4, -0.2) is 52.1 Å². The molecule has 5 nitrogen and oxygen atoms in total. The molecule has 0 saturated carbocycles. The smallest absolute Gasteiger partial charge is 0.228 e. The second kappa shape index (κ2) is 9.78. The average molecular weight is 424 g/mol. The van der Waals surface area contributed by atoms with E-state index in [0.29, 0.717) is 18.0 Å². The Morgan fingerprint density at radius 1 is 1.20 bits per heavy atom. The summed E-state index contributed by atoms with van der Waals surface area (Å²) >= 11 is 23.4. The van der Waals surface area contributed by atoms with Crippen molar-refractivity contribution >= 4 is 58.0 Å². The zero-order chi connectivity index (χ0) is 18.3. The van der Waals surface area contributed by atoms with E-state index in [2.05, 4.69) is 16.0 Å². The van der Waals surface area contributed by atoms with Gasteiger partial charge in [0.2, 0.25) is 9.70 Å². The van der Waals surface area contributed by atoms with Crippen LogP contribution in [0.3, 0.4) is 0 Å². The molecule has 1 aromatic carbocycles. The highest BCUT2D eigenvalue weighted by Gasteiger charge is 2.35. The zero-order valence-corrected chi connectivity index (χ0v) is 16.7. The zero-order valence-electron chi connectivity index (χ0n) is 13.6. The fraction of sp³-hybridized carbons (Fsp3) is 0.500. The van der Waals surface area contributed by atoms with Crippen molar-refractivity contribution in [3.05, 3.63) is 35.9 Å². The van der Waals surface area contributed by atoms with E-state index in [4.69, 9.17) is 47.0 Å². The van der Waals surface area contributed by atoms with Crippen LogP contribution in [-0.2, 0) is 11.2 Å². The van der Waals surface area contributed by atoms with Crippen LogP contribution >= 0.6 is 47.0 Å². The van der Waals surface area contributed by atoms with E-state index in [1.54, 1.807) is 0 Å². The average Bonchev–Trinajstić information content (AvgIpc) is 2.60. The van der Waals surface area contributed by atoms with E-state index >= 15 is 0 Å². The van der Waals surface area contributed by atoms with Gasteiger partial charge in [0.15, 0.2) is 5.11 Å². The summed E-state index contributed by atoms with van der Waals surface area (Å²) in [7, 11) is 0. The van der Waals surface area contributed by atoms with Crippen LogP contribution in [0.1, 0.15) is 12.0 Å². The third-order valence-electron chi connectivity index (χ3n) is 3.79. The van der Waals surface area contributed by atoms with Gasteiger partial charge in [-0.05, 0) is 24.2 Å². The molecule has 9 heteroatoms. The number of carbonyl (C=O) groups is 1. The molecule has 25 heavy (non-hydrogen) atoms. The molecule has 1 heterocycles. The van der Waals surface area contributed by atoms with Gasteiger partial charge in [0.05, 0.1) is 0 Å². The molecular weight excluding hydrogens is 403 g/mol. The number of benzene rings is 1. The third-order valence-corrected chi connectivity index (χ3v) is 4.82. The van der Waals surface area contributed by atoms with Crippen molar-refractivity contribution in [2.75, 3.05) is 26.2 Å². The van der Waals surface area contributed by atoms with E-state index in [1.807, 2.05) is 35.2 Å². The van der Waals surface area contributed by atoms with Gasteiger partial charge in [-0.3, -0.25) is 4.79 Å². The van der Waals surface area contributed by atoms with Crippen LogP contribution in [0.5, 0.6) is 0 Å². The number of nitrogens with zero attached hydrogens (tertiary/aromatic N) is 1. The lowest BCUT2D eigenvalue weighted by molar-refractivity contribution is -0.121. The predicted molar refractivity (Wildman–Crippen MR) is 107 cm³/mol. The molecule has 0 bridgehead atoms. The number of carbonyl (C=O) groups excluding carboxylic acids is 1. The van der Waals surface area contributed by atoms with Crippen LogP contribution in [0, 0.1) is 0 Å². The van der Waals surface area contributed by atoms with Crippen molar-refractivity contribution in [2.45, 2.75) is 22.8 Å². The van der Waals surface area contributed by atoms with Crippen molar-refractivity contribution < 1.29 is 4.79 Å². The minimum absolute atomic E-state index is 0.212. The lowest BCUT2D eigenvalue weighted by atomic mass is 10.1. The minimum Gasteiger partial charge on any atom is -0.347 e. The molecule has 0 radical (unpaired) electrons. The van der Waals surface area contributed by atoms with Gasteiger partial charge in [-0.15, -0.1) is 0 Å². The van der Waals surface area contributed by atoms with Gasteiger partial charge in [0.25, 0.3) is 0 Å². The fourth-order valence-corrected chi connectivity index (χ4v) is 3.05. The van der Waals surface area contributed by atoms with Crippen molar-refractivity contribution in [2.24, 2.45) is 0 Å². The number of rotatable bonds is 5. The SMILES string of the molecule is O=C(CCc1ccccc1)NC(NC(=S)N1CCNCC1)C(Cl)(Cl)Cl. The summed E-state index contributed by atoms with van der Waals surface area (Å²) < 4.78 is -1.72. The first-order valence-electron chi connectivity index (χ1n) is 8.02. The Kier molecular flexibility index (Phi) is 8.03. The third kappa shape index (κ3) is 7.15. The molecule has 1 aromatic rings. The molecular formula is C16H21Cl3N4OS. The summed E-state index contributed by atoms with van der Waals surface area (Å²) in [4.78, 5) is 14.2. The molecule has 138 valence electrons. The van der Waals surface area contributed by atoms with Crippen molar-refractivity contribution in [1.82, 2.24) is 20.9 Å². The first-order chi connectivity index (χ1) is 11.9. The van der Waals surface area contributed by atoms with E-state index < -0.39 is 9.96 Å². The predicted octanol–water partition coefficient (Wildman–Crippen LogP) is 2.21. The standard InChI is InChI=1S/C16H21Cl3N4OS/c17-16(18,19)14(22-15(25)23-10-8-20-9-11-23)21-13(24)7-6-12-4-2-1-3-5-12/h1-5,14,20H,6-11H2,(H,21,24)(H,22,25). The van der Waals surface area contributed by atoms with E-state index in [9.17, 15) is 4.79 Å². The summed E-state index contributed by atoms with van der Waals surface area (Å²) in [5, 5.41) is 9.38. The Hall–Kier alpha value is -0.790.